The number of aromatic nitrogens is 1. The first-order valence-corrected chi connectivity index (χ1v) is 10.6. The zero-order chi connectivity index (χ0) is 23.0. The monoisotopic (exact) mass is 428 g/mol. The lowest BCUT2D eigenvalue weighted by Crippen LogP contribution is -2.21. The van der Waals surface area contributed by atoms with Crippen LogP contribution in [0, 0.1) is 10.1 Å². The van der Waals surface area contributed by atoms with Crippen molar-refractivity contribution in [2.24, 2.45) is 7.05 Å². The molecule has 0 bridgehead atoms. The van der Waals surface area contributed by atoms with Crippen LogP contribution in [0.5, 0.6) is 11.5 Å². The normalized spacial score (nSPS) is 11.5. The molecule has 1 heterocycles. The molecule has 0 saturated carbocycles. The van der Waals surface area contributed by atoms with Gasteiger partial charge in [0.05, 0.1) is 17.0 Å². The summed E-state index contributed by atoms with van der Waals surface area (Å²) in [6, 6.07) is 4.41. The van der Waals surface area contributed by atoms with Gasteiger partial charge in [-0.2, -0.15) is 0 Å². The van der Waals surface area contributed by atoms with Gasteiger partial charge >= 0.3 is 0 Å². The third-order valence-corrected chi connectivity index (χ3v) is 5.00. The predicted octanol–water partition coefficient (Wildman–Crippen LogP) is 5.70. The van der Waals surface area contributed by atoms with Gasteiger partial charge in [0.2, 0.25) is 5.75 Å². The van der Waals surface area contributed by atoms with Gasteiger partial charge in [-0.25, -0.2) is 0 Å². The van der Waals surface area contributed by atoms with E-state index in [1.807, 2.05) is 19.9 Å². The van der Waals surface area contributed by atoms with Gasteiger partial charge in [0.25, 0.3) is 11.2 Å². The lowest BCUT2D eigenvalue weighted by atomic mass is 10.1. The molecule has 0 fully saturated rings. The molecule has 0 saturated heterocycles. The standard InChI is InChI=1S/C24H32N2O5/c1-6-7-14-30-23-22(31-15-13-18(4)10-8-9-17(2)3)20-12-11-19(26(28)29)16-21(20)25(5)24(23)27/h9,11-13,16H,6-8,10,14-15H2,1-5H3/b18-13+. The molecule has 2 rings (SSSR count). The summed E-state index contributed by atoms with van der Waals surface area (Å²) in [7, 11) is 1.58. The number of ether oxygens (including phenoxy) is 2. The first kappa shape index (κ1) is 24.2. The molecule has 0 aliphatic carbocycles. The maximum atomic E-state index is 12.9. The Labute approximate surface area is 183 Å². The van der Waals surface area contributed by atoms with Gasteiger partial charge < -0.3 is 14.0 Å². The molecule has 1 aromatic heterocycles. The van der Waals surface area contributed by atoms with Crippen LogP contribution in [0.25, 0.3) is 10.9 Å². The van der Waals surface area contributed by atoms with Crippen LogP contribution in [-0.4, -0.2) is 22.7 Å². The van der Waals surface area contributed by atoms with E-state index in [-0.39, 0.29) is 23.6 Å². The van der Waals surface area contributed by atoms with Gasteiger partial charge in [-0.3, -0.25) is 14.9 Å². The van der Waals surface area contributed by atoms with Gasteiger partial charge in [-0.1, -0.05) is 30.6 Å². The quantitative estimate of drug-likeness (QED) is 0.198. The van der Waals surface area contributed by atoms with E-state index in [0.717, 1.165) is 25.7 Å². The van der Waals surface area contributed by atoms with Crippen molar-refractivity contribution in [2.45, 2.75) is 53.4 Å². The largest absolute Gasteiger partial charge is 0.485 e. The fourth-order valence-electron chi connectivity index (χ4n) is 3.13. The second-order valence-corrected chi connectivity index (χ2v) is 7.86. The van der Waals surface area contributed by atoms with Crippen LogP contribution in [0.3, 0.4) is 0 Å². The Morgan fingerprint density at radius 1 is 1.16 bits per heavy atom. The maximum Gasteiger partial charge on any atom is 0.297 e. The van der Waals surface area contributed by atoms with E-state index in [1.54, 1.807) is 13.1 Å². The summed E-state index contributed by atoms with van der Waals surface area (Å²) in [5.74, 6) is 0.477. The second kappa shape index (κ2) is 11.3. The van der Waals surface area contributed by atoms with Crippen LogP contribution in [0.2, 0.25) is 0 Å². The lowest BCUT2D eigenvalue weighted by molar-refractivity contribution is -0.384. The van der Waals surface area contributed by atoms with E-state index in [4.69, 9.17) is 9.47 Å². The zero-order valence-electron chi connectivity index (χ0n) is 19.1. The number of hydrogen-bond acceptors (Lipinski definition) is 5. The van der Waals surface area contributed by atoms with Crippen molar-refractivity contribution < 1.29 is 14.4 Å². The highest BCUT2D eigenvalue weighted by atomic mass is 16.6. The molecule has 0 spiro atoms. The molecule has 0 radical (unpaired) electrons. The average Bonchev–Trinajstić information content (AvgIpc) is 2.72. The Morgan fingerprint density at radius 2 is 1.90 bits per heavy atom. The van der Waals surface area contributed by atoms with E-state index in [1.165, 1.54) is 27.8 Å². The number of unbranched alkanes of at least 4 members (excludes halogenated alkanes) is 1. The SMILES string of the molecule is CCCCOc1c(OC/C=C(\C)CCC=C(C)C)c2ccc([N+](=O)[O-])cc2n(C)c1=O. The van der Waals surface area contributed by atoms with Crippen molar-refractivity contribution in [1.82, 2.24) is 4.57 Å². The van der Waals surface area contributed by atoms with Gasteiger partial charge in [-0.15, -0.1) is 0 Å². The fourth-order valence-corrected chi connectivity index (χ4v) is 3.13. The summed E-state index contributed by atoms with van der Waals surface area (Å²) in [6.45, 7) is 8.93. The molecule has 7 nitrogen and oxygen atoms in total. The minimum Gasteiger partial charge on any atom is -0.485 e. The molecule has 0 unspecified atom stereocenters. The van der Waals surface area contributed by atoms with Crippen molar-refractivity contribution in [3.8, 4) is 11.5 Å². The molecular formula is C24H32N2O5. The van der Waals surface area contributed by atoms with Gasteiger partial charge in [0.1, 0.15) is 6.61 Å². The smallest absolute Gasteiger partial charge is 0.297 e. The molecule has 2 aromatic rings. The third kappa shape index (κ3) is 6.44. The molecule has 31 heavy (non-hydrogen) atoms. The molecule has 0 amide bonds. The molecule has 1 aromatic carbocycles. The van der Waals surface area contributed by atoms with Crippen LogP contribution < -0.4 is 15.0 Å². The Morgan fingerprint density at radius 3 is 2.55 bits per heavy atom. The lowest BCUT2D eigenvalue weighted by Gasteiger charge is -2.16. The van der Waals surface area contributed by atoms with Crippen molar-refractivity contribution >= 4 is 16.6 Å². The minimum atomic E-state index is -0.478. The first-order chi connectivity index (χ1) is 14.8. The number of benzene rings is 1. The molecule has 0 aliphatic rings. The summed E-state index contributed by atoms with van der Waals surface area (Å²) in [5, 5.41) is 11.8. The number of nitrogens with zero attached hydrogens (tertiary/aromatic N) is 2. The number of nitro groups is 1. The van der Waals surface area contributed by atoms with E-state index in [2.05, 4.69) is 19.9 Å². The summed E-state index contributed by atoms with van der Waals surface area (Å²) >= 11 is 0. The van der Waals surface area contributed by atoms with Crippen LogP contribution in [0.15, 0.2) is 46.3 Å². The average molecular weight is 429 g/mol. The molecular weight excluding hydrogens is 396 g/mol. The van der Waals surface area contributed by atoms with Crippen molar-refractivity contribution in [2.75, 3.05) is 13.2 Å². The first-order valence-electron chi connectivity index (χ1n) is 10.6. The highest BCUT2D eigenvalue weighted by molar-refractivity contribution is 5.89. The van der Waals surface area contributed by atoms with Crippen LogP contribution in [0.4, 0.5) is 5.69 Å². The van der Waals surface area contributed by atoms with Gasteiger partial charge in [-0.05, 0) is 52.2 Å². The number of rotatable bonds is 11. The van der Waals surface area contributed by atoms with E-state index in [9.17, 15) is 14.9 Å². The number of pyridine rings is 1. The third-order valence-electron chi connectivity index (χ3n) is 5.00. The Kier molecular flexibility index (Phi) is 8.85. The Bertz CT molecular complexity index is 1050. The summed E-state index contributed by atoms with van der Waals surface area (Å²) in [6.07, 6.45) is 7.82. The number of allylic oxidation sites excluding steroid dienone is 3. The minimum absolute atomic E-state index is 0.0805. The molecule has 168 valence electrons. The van der Waals surface area contributed by atoms with Crippen LogP contribution in [0.1, 0.15) is 53.4 Å². The van der Waals surface area contributed by atoms with Crippen LogP contribution in [-0.2, 0) is 7.05 Å². The molecule has 7 heteroatoms. The summed E-state index contributed by atoms with van der Waals surface area (Å²) in [5.41, 5.74) is 2.46. The zero-order valence-corrected chi connectivity index (χ0v) is 19.1. The van der Waals surface area contributed by atoms with E-state index >= 15 is 0 Å². The Hall–Kier alpha value is -3.09. The van der Waals surface area contributed by atoms with Crippen molar-refractivity contribution in [1.29, 1.82) is 0 Å². The van der Waals surface area contributed by atoms with E-state index < -0.39 is 4.92 Å². The highest BCUT2D eigenvalue weighted by Gasteiger charge is 2.20. The van der Waals surface area contributed by atoms with Gasteiger partial charge in [0.15, 0.2) is 5.75 Å². The molecule has 0 N–H and O–H groups in total. The van der Waals surface area contributed by atoms with Crippen molar-refractivity contribution in [3.63, 3.8) is 0 Å². The highest BCUT2D eigenvalue weighted by Crippen LogP contribution is 2.34. The number of fused-ring (bicyclic) bond motifs is 1. The Balaban J connectivity index is 2.41. The topological polar surface area (TPSA) is 83.6 Å². The molecule has 0 aliphatic heterocycles. The molecule has 0 atom stereocenters. The number of aryl methyl sites for hydroxylation is 1. The predicted molar refractivity (Wildman–Crippen MR) is 124 cm³/mol. The second-order valence-electron chi connectivity index (χ2n) is 7.86. The van der Waals surface area contributed by atoms with E-state index in [0.29, 0.717) is 23.3 Å². The fraction of sp³-hybridized carbons (Fsp3) is 0.458. The number of nitro benzene ring substituents is 1. The van der Waals surface area contributed by atoms with Gasteiger partial charge in [0, 0.05) is 24.6 Å². The summed E-state index contributed by atoms with van der Waals surface area (Å²) < 4.78 is 13.2. The number of hydrogen-bond donors (Lipinski definition) is 0. The van der Waals surface area contributed by atoms with Crippen LogP contribution >= 0.6 is 0 Å². The van der Waals surface area contributed by atoms with Crippen molar-refractivity contribution in [3.05, 3.63) is 62.0 Å². The maximum absolute atomic E-state index is 12.9. The number of non-ortho nitro benzene ring substituents is 1. The summed E-state index contributed by atoms with van der Waals surface area (Å²) in [4.78, 5) is 23.7.